The van der Waals surface area contributed by atoms with E-state index in [2.05, 4.69) is 47.4 Å². The fourth-order valence-electron chi connectivity index (χ4n) is 3.57. The molecule has 2 aromatic carbocycles. The zero-order valence-corrected chi connectivity index (χ0v) is 15.5. The molecule has 26 heavy (non-hydrogen) atoms. The molecule has 0 spiro atoms. The second kappa shape index (κ2) is 8.08. The molecule has 1 fully saturated rings. The van der Waals surface area contributed by atoms with Crippen LogP contribution in [0.3, 0.4) is 0 Å². The monoisotopic (exact) mass is 373 g/mol. The minimum Gasteiger partial charge on any atom is -0.378 e. The number of carbonyl (C=O) groups is 1. The van der Waals surface area contributed by atoms with Crippen LogP contribution < -0.4 is 10.6 Å². The van der Waals surface area contributed by atoms with Crippen molar-refractivity contribution in [1.29, 1.82) is 0 Å². The van der Waals surface area contributed by atoms with Crippen molar-refractivity contribution in [3.8, 4) is 11.1 Å². The van der Waals surface area contributed by atoms with Crippen molar-refractivity contribution in [2.24, 2.45) is 5.73 Å². The van der Waals surface area contributed by atoms with E-state index in [9.17, 15) is 4.79 Å². The molecule has 2 N–H and O–H groups in total. The van der Waals surface area contributed by atoms with Gasteiger partial charge in [-0.25, -0.2) is 0 Å². The smallest absolute Gasteiger partial charge is 0.236 e. The van der Waals surface area contributed by atoms with E-state index in [1.165, 1.54) is 27.9 Å². The van der Waals surface area contributed by atoms with Crippen LogP contribution in [0.4, 0.5) is 5.69 Å². The van der Waals surface area contributed by atoms with Crippen molar-refractivity contribution in [3.05, 3.63) is 53.6 Å². The van der Waals surface area contributed by atoms with Gasteiger partial charge in [0.1, 0.15) is 0 Å². The molecule has 0 radical (unpaired) electrons. The minimum atomic E-state index is 0. The number of morpholine rings is 1. The second-order valence-corrected chi connectivity index (χ2v) is 6.58. The number of carbonyl (C=O) groups excluding carboxylic acids is 1. The molecule has 0 aliphatic carbocycles. The molecule has 1 amide bonds. The number of benzene rings is 2. The van der Waals surface area contributed by atoms with Gasteiger partial charge in [0, 0.05) is 31.9 Å². The van der Waals surface area contributed by atoms with Gasteiger partial charge in [-0.1, -0.05) is 24.3 Å². The Bertz CT molecular complexity index is 773. The van der Waals surface area contributed by atoms with Gasteiger partial charge in [-0.3, -0.25) is 4.79 Å². The molecule has 0 unspecified atom stereocenters. The van der Waals surface area contributed by atoms with Gasteiger partial charge in [-0.15, -0.1) is 12.4 Å². The summed E-state index contributed by atoms with van der Waals surface area (Å²) in [6, 6.07) is 15.2. The summed E-state index contributed by atoms with van der Waals surface area (Å²) in [7, 11) is 0. The fourth-order valence-corrected chi connectivity index (χ4v) is 3.57. The normalized spacial score (nSPS) is 16.2. The second-order valence-electron chi connectivity index (χ2n) is 6.58. The third-order valence-electron chi connectivity index (χ3n) is 5.03. The Balaban J connectivity index is 0.00000196. The van der Waals surface area contributed by atoms with Crippen LogP contribution in [-0.2, 0) is 22.6 Å². The first-order valence-corrected chi connectivity index (χ1v) is 8.77. The van der Waals surface area contributed by atoms with Gasteiger partial charge in [0.05, 0.1) is 19.8 Å². The number of hydrogen-bond acceptors (Lipinski definition) is 4. The molecule has 1 saturated heterocycles. The molecule has 0 aromatic heterocycles. The average molecular weight is 374 g/mol. The number of hydrogen-bond donors (Lipinski definition) is 1. The molecule has 6 heteroatoms. The lowest BCUT2D eigenvalue weighted by molar-refractivity contribution is -0.130. The van der Waals surface area contributed by atoms with E-state index >= 15 is 0 Å². The van der Waals surface area contributed by atoms with Crippen LogP contribution in [0, 0.1) is 0 Å². The number of anilines is 1. The molecule has 2 aliphatic rings. The Morgan fingerprint density at radius 2 is 1.62 bits per heavy atom. The zero-order chi connectivity index (χ0) is 17.2. The first-order chi connectivity index (χ1) is 12.2. The van der Waals surface area contributed by atoms with Crippen LogP contribution >= 0.6 is 12.4 Å². The van der Waals surface area contributed by atoms with Crippen LogP contribution in [0.5, 0.6) is 0 Å². The molecular weight excluding hydrogens is 350 g/mol. The van der Waals surface area contributed by atoms with E-state index in [0.717, 1.165) is 26.3 Å². The zero-order valence-electron chi connectivity index (χ0n) is 14.7. The number of halogens is 1. The number of amides is 1. The number of rotatable bonds is 3. The van der Waals surface area contributed by atoms with Gasteiger partial charge in [0.25, 0.3) is 0 Å². The fraction of sp³-hybridized carbons (Fsp3) is 0.350. The first kappa shape index (κ1) is 18.7. The maximum atomic E-state index is 11.8. The van der Waals surface area contributed by atoms with E-state index < -0.39 is 0 Å². The van der Waals surface area contributed by atoms with Crippen LogP contribution in [-0.4, -0.2) is 43.7 Å². The topological polar surface area (TPSA) is 58.8 Å². The largest absolute Gasteiger partial charge is 0.378 e. The molecular formula is C20H24ClN3O2. The summed E-state index contributed by atoms with van der Waals surface area (Å²) in [5.41, 5.74) is 11.5. The summed E-state index contributed by atoms with van der Waals surface area (Å²) < 4.78 is 5.41. The summed E-state index contributed by atoms with van der Waals surface area (Å²) in [6.45, 7) is 4.89. The Hall–Kier alpha value is -2.08. The lowest BCUT2D eigenvalue weighted by Crippen LogP contribution is -2.36. The Morgan fingerprint density at radius 3 is 2.31 bits per heavy atom. The highest BCUT2D eigenvalue weighted by Crippen LogP contribution is 2.29. The summed E-state index contributed by atoms with van der Waals surface area (Å²) in [6.07, 6.45) is 0. The minimum absolute atomic E-state index is 0. The molecule has 2 aliphatic heterocycles. The predicted octanol–water partition coefficient (Wildman–Crippen LogP) is 2.41. The lowest BCUT2D eigenvalue weighted by Gasteiger charge is -2.28. The van der Waals surface area contributed by atoms with Gasteiger partial charge < -0.3 is 20.3 Å². The van der Waals surface area contributed by atoms with Gasteiger partial charge in [-0.05, 0) is 40.5 Å². The van der Waals surface area contributed by atoms with Gasteiger partial charge in [0.15, 0.2) is 0 Å². The van der Waals surface area contributed by atoms with Crippen LogP contribution in [0.25, 0.3) is 11.1 Å². The Morgan fingerprint density at radius 1 is 0.962 bits per heavy atom. The van der Waals surface area contributed by atoms with E-state index in [4.69, 9.17) is 10.5 Å². The number of ether oxygens (including phenoxy) is 1. The average Bonchev–Trinajstić information content (AvgIpc) is 3.11. The van der Waals surface area contributed by atoms with Crippen molar-refractivity contribution >= 4 is 24.0 Å². The molecule has 0 bridgehead atoms. The highest BCUT2D eigenvalue weighted by molar-refractivity contribution is 5.85. The number of nitrogens with zero attached hydrogens (tertiary/aromatic N) is 2. The molecule has 2 heterocycles. The first-order valence-electron chi connectivity index (χ1n) is 8.77. The van der Waals surface area contributed by atoms with Crippen molar-refractivity contribution in [2.45, 2.75) is 13.1 Å². The standard InChI is InChI=1S/C20H23N3O2.ClH/c21-12-20(24)23-13-17-2-1-16(11-18(17)14-23)15-3-5-19(6-4-15)22-7-9-25-10-8-22;/h1-6,11H,7-10,12-14,21H2;1H. The molecule has 138 valence electrons. The third-order valence-corrected chi connectivity index (χ3v) is 5.03. The summed E-state index contributed by atoms with van der Waals surface area (Å²) in [5.74, 6) is 0.00705. The lowest BCUT2D eigenvalue weighted by atomic mass is 10.0. The third kappa shape index (κ3) is 3.70. The van der Waals surface area contributed by atoms with E-state index in [1.807, 2.05) is 4.90 Å². The van der Waals surface area contributed by atoms with Gasteiger partial charge in [-0.2, -0.15) is 0 Å². The maximum Gasteiger partial charge on any atom is 0.236 e. The Labute approximate surface area is 160 Å². The summed E-state index contributed by atoms with van der Waals surface area (Å²) >= 11 is 0. The van der Waals surface area contributed by atoms with E-state index in [0.29, 0.717) is 13.1 Å². The highest BCUT2D eigenvalue weighted by atomic mass is 35.5. The van der Waals surface area contributed by atoms with Crippen molar-refractivity contribution in [1.82, 2.24) is 4.90 Å². The van der Waals surface area contributed by atoms with E-state index in [-0.39, 0.29) is 24.9 Å². The predicted molar refractivity (Wildman–Crippen MR) is 105 cm³/mol. The highest BCUT2D eigenvalue weighted by Gasteiger charge is 2.22. The van der Waals surface area contributed by atoms with Gasteiger partial charge >= 0.3 is 0 Å². The quantitative estimate of drug-likeness (QED) is 0.897. The maximum absolute atomic E-state index is 11.8. The van der Waals surface area contributed by atoms with Crippen molar-refractivity contribution in [2.75, 3.05) is 37.7 Å². The van der Waals surface area contributed by atoms with Crippen molar-refractivity contribution < 1.29 is 9.53 Å². The van der Waals surface area contributed by atoms with Crippen LogP contribution in [0.15, 0.2) is 42.5 Å². The molecule has 0 saturated carbocycles. The van der Waals surface area contributed by atoms with E-state index in [1.54, 1.807) is 0 Å². The van der Waals surface area contributed by atoms with Crippen LogP contribution in [0.1, 0.15) is 11.1 Å². The van der Waals surface area contributed by atoms with Crippen molar-refractivity contribution in [3.63, 3.8) is 0 Å². The summed E-state index contributed by atoms with van der Waals surface area (Å²) in [4.78, 5) is 16.0. The van der Waals surface area contributed by atoms with Gasteiger partial charge in [0.2, 0.25) is 5.91 Å². The molecule has 4 rings (SSSR count). The summed E-state index contributed by atoms with van der Waals surface area (Å²) in [5, 5.41) is 0. The molecule has 0 atom stereocenters. The Kier molecular flexibility index (Phi) is 5.81. The number of nitrogens with two attached hydrogens (primary N) is 1. The SMILES string of the molecule is Cl.NCC(=O)N1Cc2ccc(-c3ccc(N4CCOCC4)cc3)cc2C1. The van der Waals surface area contributed by atoms with Crippen LogP contribution in [0.2, 0.25) is 0 Å². The molecule has 2 aromatic rings. The number of fused-ring (bicyclic) bond motifs is 1. The molecule has 5 nitrogen and oxygen atoms in total.